The molecule has 132 valence electrons. The molecular formula is C22H22N2OS. The van der Waals surface area contributed by atoms with Gasteiger partial charge in [0.05, 0.1) is 12.6 Å². The summed E-state index contributed by atoms with van der Waals surface area (Å²) in [6.07, 6.45) is 2.07. The van der Waals surface area contributed by atoms with E-state index in [2.05, 4.69) is 47.1 Å². The Morgan fingerprint density at radius 1 is 1.04 bits per heavy atom. The fourth-order valence-corrected chi connectivity index (χ4v) is 4.39. The average molecular weight is 362 g/mol. The summed E-state index contributed by atoms with van der Waals surface area (Å²) in [5, 5.41) is 5.56. The van der Waals surface area contributed by atoms with Crippen molar-refractivity contribution in [3.8, 4) is 0 Å². The molecule has 4 heteroatoms. The summed E-state index contributed by atoms with van der Waals surface area (Å²) in [4.78, 5) is 16.1. The summed E-state index contributed by atoms with van der Waals surface area (Å²) in [5.41, 5.74) is 3.52. The number of hydrogen-bond donors (Lipinski definition) is 1. The normalized spacial score (nSPS) is 14.7. The third-order valence-corrected chi connectivity index (χ3v) is 5.77. The lowest BCUT2D eigenvalue weighted by molar-refractivity contribution is -0.118. The topological polar surface area (TPSA) is 32.3 Å². The van der Waals surface area contributed by atoms with Gasteiger partial charge in [-0.15, -0.1) is 11.3 Å². The zero-order valence-corrected chi connectivity index (χ0v) is 15.4. The lowest BCUT2D eigenvalue weighted by Gasteiger charge is -2.30. The molecule has 4 rings (SSSR count). The number of nitrogens with zero attached hydrogens (tertiary/aromatic N) is 1. The maximum absolute atomic E-state index is 12.9. The Kier molecular flexibility index (Phi) is 5.14. The minimum Gasteiger partial charge on any atom is -0.311 e. The van der Waals surface area contributed by atoms with Gasteiger partial charge in [-0.1, -0.05) is 54.6 Å². The first kappa shape index (κ1) is 17.0. The molecule has 0 spiro atoms. The van der Waals surface area contributed by atoms with Crippen LogP contribution in [0.15, 0.2) is 72.1 Å². The highest BCUT2D eigenvalue weighted by molar-refractivity contribution is 7.10. The molecule has 0 bridgehead atoms. The molecule has 1 aliphatic rings. The zero-order chi connectivity index (χ0) is 17.8. The second-order valence-electron chi connectivity index (χ2n) is 6.52. The lowest BCUT2D eigenvalue weighted by Crippen LogP contribution is -2.42. The van der Waals surface area contributed by atoms with Crippen molar-refractivity contribution in [3.05, 3.63) is 88.1 Å². The third kappa shape index (κ3) is 3.57. The van der Waals surface area contributed by atoms with Gasteiger partial charge in [-0.05, 0) is 41.5 Å². The van der Waals surface area contributed by atoms with Crippen LogP contribution in [0.1, 0.15) is 28.5 Å². The molecular weight excluding hydrogens is 340 g/mol. The Hall–Kier alpha value is -2.43. The van der Waals surface area contributed by atoms with Crippen LogP contribution in [0.3, 0.4) is 0 Å². The van der Waals surface area contributed by atoms with Crippen molar-refractivity contribution in [3.63, 3.8) is 0 Å². The predicted octanol–water partition coefficient (Wildman–Crippen LogP) is 4.41. The molecule has 0 saturated carbocycles. The van der Waals surface area contributed by atoms with Gasteiger partial charge in [0, 0.05) is 17.1 Å². The van der Waals surface area contributed by atoms with Gasteiger partial charge in [-0.25, -0.2) is 0 Å². The van der Waals surface area contributed by atoms with E-state index in [1.54, 1.807) is 11.3 Å². The zero-order valence-electron chi connectivity index (χ0n) is 14.6. The summed E-state index contributed by atoms with van der Waals surface area (Å²) in [6, 6.07) is 22.8. The summed E-state index contributed by atoms with van der Waals surface area (Å²) >= 11 is 1.71. The van der Waals surface area contributed by atoms with Gasteiger partial charge in [0.2, 0.25) is 5.91 Å². The first-order valence-electron chi connectivity index (χ1n) is 9.03. The van der Waals surface area contributed by atoms with Crippen LogP contribution in [0.2, 0.25) is 0 Å². The minimum absolute atomic E-state index is 0.0418. The Morgan fingerprint density at radius 3 is 2.65 bits per heavy atom. The van der Waals surface area contributed by atoms with Crippen molar-refractivity contribution in [1.82, 2.24) is 5.32 Å². The van der Waals surface area contributed by atoms with Crippen LogP contribution < -0.4 is 10.2 Å². The number of hydrogen-bond acceptors (Lipinski definition) is 3. The van der Waals surface area contributed by atoms with Crippen LogP contribution in [0.4, 0.5) is 5.69 Å². The molecule has 3 nitrogen and oxygen atoms in total. The van der Waals surface area contributed by atoms with Gasteiger partial charge < -0.3 is 4.90 Å². The molecule has 0 radical (unpaired) electrons. The number of thiophene rings is 1. The van der Waals surface area contributed by atoms with Gasteiger partial charge >= 0.3 is 0 Å². The van der Waals surface area contributed by atoms with Crippen molar-refractivity contribution in [2.24, 2.45) is 0 Å². The lowest BCUT2D eigenvalue weighted by atomic mass is 10.0. The van der Waals surface area contributed by atoms with E-state index in [1.165, 1.54) is 16.0 Å². The van der Waals surface area contributed by atoms with E-state index in [4.69, 9.17) is 0 Å². The molecule has 3 aromatic rings. The average Bonchev–Trinajstić information content (AvgIpc) is 3.23. The molecule has 0 unspecified atom stereocenters. The van der Waals surface area contributed by atoms with E-state index in [0.29, 0.717) is 6.54 Å². The highest BCUT2D eigenvalue weighted by atomic mass is 32.1. The SMILES string of the molecule is O=C(CN[C@H](c1ccccc1)c1cccs1)N1CCCc2ccccc21. The largest absolute Gasteiger partial charge is 0.311 e. The van der Waals surface area contributed by atoms with E-state index in [1.807, 2.05) is 35.2 Å². The smallest absolute Gasteiger partial charge is 0.240 e. The van der Waals surface area contributed by atoms with Crippen LogP contribution in [0, 0.1) is 0 Å². The quantitative estimate of drug-likeness (QED) is 0.729. The maximum atomic E-state index is 12.9. The molecule has 26 heavy (non-hydrogen) atoms. The number of nitrogens with one attached hydrogen (secondary N) is 1. The van der Waals surface area contributed by atoms with E-state index >= 15 is 0 Å². The molecule has 1 N–H and O–H groups in total. The van der Waals surface area contributed by atoms with Crippen molar-refractivity contribution >= 4 is 22.9 Å². The second kappa shape index (κ2) is 7.85. The van der Waals surface area contributed by atoms with E-state index in [0.717, 1.165) is 25.1 Å². The number of anilines is 1. The number of para-hydroxylation sites is 1. The Balaban J connectivity index is 1.51. The summed E-state index contributed by atoms with van der Waals surface area (Å²) in [5.74, 6) is 0.134. The van der Waals surface area contributed by atoms with E-state index < -0.39 is 0 Å². The Bertz CT molecular complexity index is 861. The van der Waals surface area contributed by atoms with Crippen LogP contribution in [0.5, 0.6) is 0 Å². The molecule has 1 aromatic heterocycles. The minimum atomic E-state index is 0.0418. The van der Waals surface area contributed by atoms with Gasteiger partial charge in [0.25, 0.3) is 0 Å². The fourth-order valence-electron chi connectivity index (χ4n) is 3.56. The summed E-state index contributed by atoms with van der Waals surface area (Å²) in [7, 11) is 0. The molecule has 2 heterocycles. The highest BCUT2D eigenvalue weighted by Crippen LogP contribution is 2.28. The van der Waals surface area contributed by atoms with Crippen molar-refractivity contribution in [2.45, 2.75) is 18.9 Å². The number of aryl methyl sites for hydroxylation is 1. The van der Waals surface area contributed by atoms with Gasteiger partial charge in [-0.3, -0.25) is 10.1 Å². The van der Waals surface area contributed by atoms with E-state index in [9.17, 15) is 4.79 Å². The number of amides is 1. The van der Waals surface area contributed by atoms with Crippen molar-refractivity contribution < 1.29 is 4.79 Å². The number of benzene rings is 2. The van der Waals surface area contributed by atoms with Crippen LogP contribution in [-0.4, -0.2) is 19.0 Å². The van der Waals surface area contributed by atoms with Gasteiger partial charge in [0.1, 0.15) is 0 Å². The number of rotatable bonds is 5. The van der Waals surface area contributed by atoms with E-state index in [-0.39, 0.29) is 11.9 Å². The molecule has 0 saturated heterocycles. The molecule has 2 aromatic carbocycles. The van der Waals surface area contributed by atoms with Crippen LogP contribution in [-0.2, 0) is 11.2 Å². The monoisotopic (exact) mass is 362 g/mol. The van der Waals surface area contributed by atoms with Crippen molar-refractivity contribution in [1.29, 1.82) is 0 Å². The second-order valence-corrected chi connectivity index (χ2v) is 7.50. The molecule has 1 atom stereocenters. The number of fused-ring (bicyclic) bond motifs is 1. The van der Waals surface area contributed by atoms with Crippen LogP contribution >= 0.6 is 11.3 Å². The first-order valence-corrected chi connectivity index (χ1v) is 9.91. The maximum Gasteiger partial charge on any atom is 0.240 e. The Labute approximate surface area is 158 Å². The molecule has 0 aliphatic carbocycles. The number of carbonyl (C=O) groups is 1. The first-order chi connectivity index (χ1) is 12.8. The highest BCUT2D eigenvalue weighted by Gasteiger charge is 2.23. The van der Waals surface area contributed by atoms with Gasteiger partial charge in [0.15, 0.2) is 0 Å². The Morgan fingerprint density at radius 2 is 1.85 bits per heavy atom. The summed E-state index contributed by atoms with van der Waals surface area (Å²) < 4.78 is 0. The molecule has 1 amide bonds. The molecule has 1 aliphatic heterocycles. The van der Waals surface area contributed by atoms with Crippen molar-refractivity contribution in [2.75, 3.05) is 18.0 Å². The summed E-state index contributed by atoms with van der Waals surface area (Å²) in [6.45, 7) is 1.12. The fraction of sp³-hybridized carbons (Fsp3) is 0.227. The van der Waals surface area contributed by atoms with Gasteiger partial charge in [-0.2, -0.15) is 0 Å². The number of carbonyl (C=O) groups excluding carboxylic acids is 1. The standard InChI is InChI=1S/C22H22N2OS/c25-21(24-14-6-11-17-8-4-5-12-19(17)24)16-23-22(20-13-7-15-26-20)18-9-2-1-3-10-18/h1-5,7-10,12-13,15,22-23H,6,11,14,16H2/t22-/m1/s1. The molecule has 0 fully saturated rings. The third-order valence-electron chi connectivity index (χ3n) is 4.83. The van der Waals surface area contributed by atoms with Crippen LogP contribution in [0.25, 0.3) is 0 Å². The predicted molar refractivity (Wildman–Crippen MR) is 108 cm³/mol.